The summed E-state index contributed by atoms with van der Waals surface area (Å²) < 4.78 is 5.24. The Kier molecular flexibility index (Phi) is 7.75. The van der Waals surface area contributed by atoms with Crippen LogP contribution in [0.2, 0.25) is 5.02 Å². The SMILES string of the molecule is CC(C)CC1c2[nH]c3cc(Cl)ccc3c2CCN1C(=O)CCCCNC(=O)OC(C)(C)C. The smallest absolute Gasteiger partial charge is 0.407 e. The lowest BCUT2D eigenvalue weighted by Gasteiger charge is -2.37. The highest BCUT2D eigenvalue weighted by molar-refractivity contribution is 6.31. The van der Waals surface area contributed by atoms with E-state index in [1.54, 1.807) is 0 Å². The van der Waals surface area contributed by atoms with E-state index >= 15 is 0 Å². The number of carbonyl (C=O) groups is 2. The number of alkyl carbamates (subject to hydrolysis) is 1. The molecular weight excluding hydrogens is 426 g/mol. The number of carbonyl (C=O) groups excluding carboxylic acids is 2. The summed E-state index contributed by atoms with van der Waals surface area (Å²) in [7, 11) is 0. The third-order valence-electron chi connectivity index (χ3n) is 5.71. The molecule has 0 radical (unpaired) electrons. The van der Waals surface area contributed by atoms with E-state index in [1.807, 2.05) is 37.8 Å². The Balaban J connectivity index is 1.61. The van der Waals surface area contributed by atoms with Gasteiger partial charge in [-0.3, -0.25) is 4.79 Å². The van der Waals surface area contributed by atoms with Crippen LogP contribution >= 0.6 is 11.6 Å². The molecule has 1 unspecified atom stereocenters. The van der Waals surface area contributed by atoms with Gasteiger partial charge >= 0.3 is 6.09 Å². The molecule has 2 amide bonds. The number of hydrogen-bond donors (Lipinski definition) is 2. The fraction of sp³-hybridized carbons (Fsp3) is 0.600. The van der Waals surface area contributed by atoms with Crippen molar-refractivity contribution in [3.63, 3.8) is 0 Å². The second-order valence-electron chi connectivity index (χ2n) is 10.1. The minimum absolute atomic E-state index is 0.0531. The van der Waals surface area contributed by atoms with E-state index in [0.717, 1.165) is 43.4 Å². The number of nitrogens with zero attached hydrogens (tertiary/aromatic N) is 1. The zero-order chi connectivity index (χ0) is 23.5. The predicted octanol–water partition coefficient (Wildman–Crippen LogP) is 5.99. The molecule has 0 fully saturated rings. The summed E-state index contributed by atoms with van der Waals surface area (Å²) >= 11 is 6.20. The van der Waals surface area contributed by atoms with E-state index in [1.165, 1.54) is 10.9 Å². The van der Waals surface area contributed by atoms with Crippen LogP contribution < -0.4 is 5.32 Å². The summed E-state index contributed by atoms with van der Waals surface area (Å²) in [6, 6.07) is 6.02. The summed E-state index contributed by atoms with van der Waals surface area (Å²) in [4.78, 5) is 30.5. The van der Waals surface area contributed by atoms with Crippen molar-refractivity contribution in [3.05, 3.63) is 34.5 Å². The van der Waals surface area contributed by atoms with E-state index in [4.69, 9.17) is 16.3 Å². The summed E-state index contributed by atoms with van der Waals surface area (Å²) in [6.45, 7) is 11.1. The number of fused-ring (bicyclic) bond motifs is 3. The highest BCUT2D eigenvalue weighted by Crippen LogP contribution is 2.38. The number of nitrogens with one attached hydrogen (secondary N) is 2. The van der Waals surface area contributed by atoms with Gasteiger partial charge in [-0.2, -0.15) is 0 Å². The number of H-pyrrole nitrogens is 1. The molecule has 1 aliphatic heterocycles. The molecular formula is C25H36ClN3O3. The van der Waals surface area contributed by atoms with E-state index in [2.05, 4.69) is 30.2 Å². The van der Waals surface area contributed by atoms with Crippen molar-refractivity contribution in [2.45, 2.75) is 78.4 Å². The van der Waals surface area contributed by atoms with E-state index in [0.29, 0.717) is 23.9 Å². The normalized spacial score (nSPS) is 16.3. The average molecular weight is 462 g/mol. The Morgan fingerprint density at radius 2 is 2.03 bits per heavy atom. The molecule has 2 aromatic rings. The first-order valence-corrected chi connectivity index (χ1v) is 12.0. The number of amides is 2. The van der Waals surface area contributed by atoms with Crippen LogP contribution in [0.5, 0.6) is 0 Å². The van der Waals surface area contributed by atoms with Gasteiger partial charge in [-0.05, 0) is 70.1 Å². The third kappa shape index (κ3) is 6.18. The molecule has 1 atom stereocenters. The molecule has 0 bridgehead atoms. The number of hydrogen-bond acceptors (Lipinski definition) is 3. The minimum atomic E-state index is -0.507. The van der Waals surface area contributed by atoms with Crippen molar-refractivity contribution in [2.75, 3.05) is 13.1 Å². The molecule has 176 valence electrons. The van der Waals surface area contributed by atoms with Crippen LogP contribution in [0.1, 0.15) is 77.6 Å². The second-order valence-corrected chi connectivity index (χ2v) is 10.5. The molecule has 3 rings (SSSR count). The average Bonchev–Trinajstić information content (AvgIpc) is 3.04. The molecule has 6 nitrogen and oxygen atoms in total. The topological polar surface area (TPSA) is 74.4 Å². The Morgan fingerprint density at radius 3 is 2.72 bits per heavy atom. The van der Waals surface area contributed by atoms with E-state index < -0.39 is 11.7 Å². The van der Waals surface area contributed by atoms with Crippen molar-refractivity contribution in [2.24, 2.45) is 5.92 Å². The van der Waals surface area contributed by atoms with Crippen molar-refractivity contribution in [3.8, 4) is 0 Å². The maximum Gasteiger partial charge on any atom is 0.407 e. The summed E-state index contributed by atoms with van der Waals surface area (Å²) in [6.07, 6.45) is 3.30. The van der Waals surface area contributed by atoms with Gasteiger partial charge in [0.25, 0.3) is 0 Å². The molecule has 2 N–H and O–H groups in total. The molecule has 2 heterocycles. The second kappa shape index (κ2) is 10.2. The Labute approximate surface area is 196 Å². The highest BCUT2D eigenvalue weighted by Gasteiger charge is 2.33. The standard InChI is InChI=1S/C25H36ClN3O3/c1-16(2)14-21-23-19(18-10-9-17(26)15-20(18)28-23)11-13-29(21)22(30)8-6-7-12-27-24(31)32-25(3,4)5/h9-10,15-16,21,28H,6-8,11-14H2,1-5H3,(H,27,31). The van der Waals surface area contributed by atoms with Gasteiger partial charge in [0, 0.05) is 41.1 Å². The molecule has 1 aromatic carbocycles. The van der Waals surface area contributed by atoms with Crippen molar-refractivity contribution < 1.29 is 14.3 Å². The van der Waals surface area contributed by atoms with Gasteiger partial charge < -0.3 is 19.9 Å². The van der Waals surface area contributed by atoms with Crippen LogP contribution in [0, 0.1) is 5.92 Å². The van der Waals surface area contributed by atoms with Crippen LogP contribution in [-0.4, -0.2) is 40.6 Å². The first-order valence-electron chi connectivity index (χ1n) is 11.6. The van der Waals surface area contributed by atoms with E-state index in [9.17, 15) is 9.59 Å². The van der Waals surface area contributed by atoms with Crippen molar-refractivity contribution >= 4 is 34.5 Å². The molecule has 0 aliphatic carbocycles. The Morgan fingerprint density at radius 1 is 1.28 bits per heavy atom. The van der Waals surface area contributed by atoms with Gasteiger partial charge in [-0.15, -0.1) is 0 Å². The first kappa shape index (κ1) is 24.4. The fourth-order valence-electron chi connectivity index (χ4n) is 4.39. The Hall–Kier alpha value is -2.21. The lowest BCUT2D eigenvalue weighted by Crippen LogP contribution is -2.40. The van der Waals surface area contributed by atoms with Gasteiger partial charge in [0.1, 0.15) is 5.60 Å². The molecule has 0 spiro atoms. The Bertz CT molecular complexity index is 961. The van der Waals surface area contributed by atoms with Gasteiger partial charge in [-0.25, -0.2) is 4.79 Å². The maximum absolute atomic E-state index is 13.1. The quantitative estimate of drug-likeness (QED) is 0.497. The maximum atomic E-state index is 13.1. The third-order valence-corrected chi connectivity index (χ3v) is 5.95. The first-order chi connectivity index (χ1) is 15.0. The fourth-order valence-corrected chi connectivity index (χ4v) is 4.56. The number of aromatic amines is 1. The lowest BCUT2D eigenvalue weighted by molar-refractivity contribution is -0.134. The van der Waals surface area contributed by atoms with Crippen molar-refractivity contribution in [1.29, 1.82) is 0 Å². The van der Waals surface area contributed by atoms with Gasteiger partial charge in [0.2, 0.25) is 5.91 Å². The number of rotatable bonds is 7. The zero-order valence-corrected chi connectivity index (χ0v) is 20.6. The van der Waals surface area contributed by atoms with Gasteiger partial charge in [-0.1, -0.05) is 31.5 Å². The largest absolute Gasteiger partial charge is 0.444 e. The highest BCUT2D eigenvalue weighted by atomic mass is 35.5. The molecule has 1 aliphatic rings. The predicted molar refractivity (Wildman–Crippen MR) is 129 cm³/mol. The summed E-state index contributed by atoms with van der Waals surface area (Å²) in [5.41, 5.74) is 3.00. The molecule has 0 saturated heterocycles. The zero-order valence-electron chi connectivity index (χ0n) is 19.9. The molecule has 1 aromatic heterocycles. The van der Waals surface area contributed by atoms with Crippen LogP contribution in [-0.2, 0) is 16.0 Å². The van der Waals surface area contributed by atoms with Crippen molar-refractivity contribution in [1.82, 2.24) is 15.2 Å². The monoisotopic (exact) mass is 461 g/mol. The summed E-state index contributed by atoms with van der Waals surface area (Å²) in [5.74, 6) is 0.643. The lowest BCUT2D eigenvalue weighted by atomic mass is 9.91. The number of benzene rings is 1. The van der Waals surface area contributed by atoms with Gasteiger partial charge in [0.15, 0.2) is 0 Å². The van der Waals surface area contributed by atoms with Crippen LogP contribution in [0.25, 0.3) is 10.9 Å². The number of aromatic nitrogens is 1. The van der Waals surface area contributed by atoms with Gasteiger partial charge in [0.05, 0.1) is 6.04 Å². The van der Waals surface area contributed by atoms with Crippen LogP contribution in [0.15, 0.2) is 18.2 Å². The molecule has 0 saturated carbocycles. The number of unbranched alkanes of at least 4 members (excludes halogenated alkanes) is 1. The van der Waals surface area contributed by atoms with E-state index in [-0.39, 0.29) is 11.9 Å². The number of ether oxygens (including phenoxy) is 1. The molecule has 7 heteroatoms. The van der Waals surface area contributed by atoms with Crippen LogP contribution in [0.4, 0.5) is 4.79 Å². The number of halogens is 1. The molecule has 32 heavy (non-hydrogen) atoms. The minimum Gasteiger partial charge on any atom is -0.444 e. The summed E-state index contributed by atoms with van der Waals surface area (Å²) in [5, 5.41) is 4.68. The van der Waals surface area contributed by atoms with Crippen LogP contribution in [0.3, 0.4) is 0 Å².